The maximum Gasteiger partial charge on any atom is 0.267 e. The number of hydrogen-bond donors (Lipinski definition) is 0. The molecule has 0 atom stereocenters. The first-order valence-corrected chi connectivity index (χ1v) is 9.55. The van der Waals surface area contributed by atoms with E-state index in [1.54, 1.807) is 62.8 Å². The Balaban J connectivity index is 2.00. The molecule has 3 rings (SSSR count). The van der Waals surface area contributed by atoms with E-state index in [0.717, 1.165) is 5.56 Å². The Morgan fingerprint density at radius 3 is 2.45 bits per heavy atom. The zero-order valence-corrected chi connectivity index (χ0v) is 17.2. The van der Waals surface area contributed by atoms with E-state index in [4.69, 9.17) is 14.2 Å². The van der Waals surface area contributed by atoms with Crippen molar-refractivity contribution in [1.29, 1.82) is 0 Å². The number of rotatable bonds is 7. The maximum atomic E-state index is 12.9. The molecule has 0 spiro atoms. The second-order valence-corrected chi connectivity index (χ2v) is 6.87. The molecule has 0 unspecified atom stereocenters. The van der Waals surface area contributed by atoms with Gasteiger partial charge in [0.25, 0.3) is 5.91 Å². The molecule has 7 nitrogen and oxygen atoms in total. The number of methoxy groups -OCH3 is 3. The Morgan fingerprint density at radius 1 is 1.17 bits per heavy atom. The van der Waals surface area contributed by atoms with Gasteiger partial charge in [0.05, 0.1) is 26.2 Å². The Hall–Kier alpha value is -3.26. The minimum Gasteiger partial charge on any atom is -0.493 e. The monoisotopic (exact) mass is 411 g/mol. The lowest BCUT2D eigenvalue weighted by Crippen LogP contribution is -2.29. The Labute approximate surface area is 173 Å². The van der Waals surface area contributed by atoms with Gasteiger partial charge in [0.15, 0.2) is 22.5 Å². The van der Waals surface area contributed by atoms with Crippen molar-refractivity contribution in [3.05, 3.63) is 59.7 Å². The minimum atomic E-state index is -0.154. The smallest absolute Gasteiger partial charge is 0.267 e. The number of carbonyl (C=O) groups excluding carboxylic acids is 1. The topological polar surface area (TPSA) is 73.2 Å². The van der Waals surface area contributed by atoms with E-state index in [9.17, 15) is 4.79 Å². The summed E-state index contributed by atoms with van der Waals surface area (Å²) < 4.78 is 16.1. The number of amides is 1. The number of thioether (sulfide) groups is 1. The molecule has 1 aromatic heterocycles. The van der Waals surface area contributed by atoms with Crippen LogP contribution in [0.25, 0.3) is 6.08 Å². The highest BCUT2D eigenvalue weighted by Gasteiger charge is 2.32. The second-order valence-electron chi connectivity index (χ2n) is 5.86. The minimum absolute atomic E-state index is 0.154. The molecule has 0 saturated carbocycles. The van der Waals surface area contributed by atoms with Crippen molar-refractivity contribution in [3.8, 4) is 17.2 Å². The number of nitrogens with zero attached hydrogens (tertiary/aromatic N) is 3. The van der Waals surface area contributed by atoms with Gasteiger partial charge in [-0.05, 0) is 47.7 Å². The summed E-state index contributed by atoms with van der Waals surface area (Å²) in [5, 5.41) is 0.548. The Morgan fingerprint density at radius 2 is 1.90 bits per heavy atom. The van der Waals surface area contributed by atoms with Crippen LogP contribution in [0.3, 0.4) is 0 Å². The molecule has 1 saturated heterocycles. The molecule has 1 amide bonds. The number of aliphatic imine (C=N–C) groups is 1. The van der Waals surface area contributed by atoms with Gasteiger partial charge >= 0.3 is 0 Å². The highest BCUT2D eigenvalue weighted by Crippen LogP contribution is 2.40. The first-order valence-electron chi connectivity index (χ1n) is 8.73. The van der Waals surface area contributed by atoms with E-state index in [1.807, 2.05) is 12.1 Å². The molecule has 150 valence electrons. The van der Waals surface area contributed by atoms with Crippen molar-refractivity contribution in [2.75, 3.05) is 27.9 Å². The van der Waals surface area contributed by atoms with Gasteiger partial charge in [0, 0.05) is 12.7 Å². The van der Waals surface area contributed by atoms with Crippen LogP contribution in [0.1, 0.15) is 5.56 Å². The summed E-state index contributed by atoms with van der Waals surface area (Å²) in [5.74, 6) is 1.90. The molecule has 8 heteroatoms. The fourth-order valence-electron chi connectivity index (χ4n) is 2.74. The lowest BCUT2D eigenvalue weighted by Gasteiger charge is -2.13. The fraction of sp³-hybridized carbons (Fsp3) is 0.190. The normalized spacial score (nSPS) is 16.4. The van der Waals surface area contributed by atoms with Crippen LogP contribution in [0.4, 0.5) is 5.82 Å². The van der Waals surface area contributed by atoms with Crippen LogP contribution in [0.2, 0.25) is 0 Å². The summed E-state index contributed by atoms with van der Waals surface area (Å²) in [5.41, 5.74) is 0.744. The lowest BCUT2D eigenvalue weighted by molar-refractivity contribution is -0.121. The molecule has 1 aromatic carbocycles. The molecule has 0 radical (unpaired) electrons. The van der Waals surface area contributed by atoms with Crippen molar-refractivity contribution in [2.24, 2.45) is 4.99 Å². The summed E-state index contributed by atoms with van der Waals surface area (Å²) in [7, 11) is 4.64. The molecule has 1 aliphatic heterocycles. The number of benzene rings is 1. The summed E-state index contributed by atoms with van der Waals surface area (Å²) in [6, 6.07) is 9.01. The average Bonchev–Trinajstić information content (AvgIpc) is 3.02. The summed E-state index contributed by atoms with van der Waals surface area (Å²) in [6.07, 6.45) is 5.09. The van der Waals surface area contributed by atoms with Crippen LogP contribution >= 0.6 is 11.8 Å². The molecule has 2 aromatic rings. The van der Waals surface area contributed by atoms with E-state index in [-0.39, 0.29) is 5.91 Å². The zero-order valence-electron chi connectivity index (χ0n) is 16.4. The predicted molar refractivity (Wildman–Crippen MR) is 115 cm³/mol. The van der Waals surface area contributed by atoms with Gasteiger partial charge < -0.3 is 14.2 Å². The quantitative estimate of drug-likeness (QED) is 0.508. The van der Waals surface area contributed by atoms with Crippen molar-refractivity contribution in [3.63, 3.8) is 0 Å². The number of aromatic nitrogens is 1. The SMILES string of the molecule is C=CCN1C(=O)/C(=C/c2cc(OC)c(OC)c(OC)c2)S/C1=N/c1ccccn1. The van der Waals surface area contributed by atoms with E-state index < -0.39 is 0 Å². The molecular weight excluding hydrogens is 390 g/mol. The van der Waals surface area contributed by atoms with Gasteiger partial charge in [-0.2, -0.15) is 0 Å². The molecule has 1 fully saturated rings. The number of carbonyl (C=O) groups is 1. The third kappa shape index (κ3) is 4.43. The van der Waals surface area contributed by atoms with Gasteiger partial charge in [0.1, 0.15) is 0 Å². The van der Waals surface area contributed by atoms with E-state index in [2.05, 4.69) is 16.6 Å². The van der Waals surface area contributed by atoms with Crippen LogP contribution in [0.15, 0.2) is 59.1 Å². The van der Waals surface area contributed by atoms with Gasteiger partial charge in [-0.15, -0.1) is 6.58 Å². The summed E-state index contributed by atoms with van der Waals surface area (Å²) >= 11 is 1.28. The van der Waals surface area contributed by atoms with Crippen LogP contribution < -0.4 is 14.2 Å². The largest absolute Gasteiger partial charge is 0.493 e. The highest BCUT2D eigenvalue weighted by molar-refractivity contribution is 8.18. The second kappa shape index (κ2) is 9.29. The molecule has 0 aliphatic carbocycles. The lowest BCUT2D eigenvalue weighted by atomic mass is 10.1. The fourth-order valence-corrected chi connectivity index (χ4v) is 3.73. The third-order valence-electron chi connectivity index (χ3n) is 4.04. The van der Waals surface area contributed by atoms with Gasteiger partial charge in [0.2, 0.25) is 5.75 Å². The zero-order chi connectivity index (χ0) is 20.8. The van der Waals surface area contributed by atoms with Crippen molar-refractivity contribution >= 4 is 34.7 Å². The molecule has 1 aliphatic rings. The Bertz CT molecular complexity index is 948. The van der Waals surface area contributed by atoms with Gasteiger partial charge in [-0.25, -0.2) is 9.98 Å². The summed E-state index contributed by atoms with van der Waals surface area (Å²) in [6.45, 7) is 4.08. The average molecular weight is 411 g/mol. The number of amidine groups is 1. The molecule has 0 bridgehead atoms. The van der Waals surface area contributed by atoms with Gasteiger partial charge in [-0.3, -0.25) is 9.69 Å². The van der Waals surface area contributed by atoms with Crippen LogP contribution in [-0.2, 0) is 4.79 Å². The predicted octanol–water partition coefficient (Wildman–Crippen LogP) is 3.90. The van der Waals surface area contributed by atoms with E-state index in [1.165, 1.54) is 11.8 Å². The Kier molecular flexibility index (Phi) is 6.56. The van der Waals surface area contributed by atoms with Crippen molar-refractivity contribution in [2.45, 2.75) is 0 Å². The van der Waals surface area contributed by atoms with Crippen molar-refractivity contribution < 1.29 is 19.0 Å². The first kappa shape index (κ1) is 20.5. The molecule has 0 N–H and O–H groups in total. The number of hydrogen-bond acceptors (Lipinski definition) is 7. The van der Waals surface area contributed by atoms with E-state index >= 15 is 0 Å². The highest BCUT2D eigenvalue weighted by atomic mass is 32.2. The maximum absolute atomic E-state index is 12.9. The van der Waals surface area contributed by atoms with Crippen molar-refractivity contribution in [1.82, 2.24) is 9.88 Å². The van der Waals surface area contributed by atoms with Crippen LogP contribution in [0.5, 0.6) is 17.2 Å². The molecular formula is C21H21N3O4S. The molecule has 29 heavy (non-hydrogen) atoms. The standard InChI is InChI=1S/C21H21N3O4S/c1-5-10-24-20(25)17(29-21(24)23-18-8-6-7-9-22-18)13-14-11-15(26-2)19(28-4)16(12-14)27-3/h5-9,11-13H,1,10H2,2-4H3/b17-13-,23-21+. The van der Waals surface area contributed by atoms with Crippen LogP contribution in [-0.4, -0.2) is 48.8 Å². The van der Waals surface area contributed by atoms with E-state index in [0.29, 0.717) is 39.7 Å². The number of pyridine rings is 1. The van der Waals surface area contributed by atoms with Gasteiger partial charge in [-0.1, -0.05) is 12.1 Å². The summed E-state index contributed by atoms with van der Waals surface area (Å²) in [4.78, 5) is 23.7. The third-order valence-corrected chi connectivity index (χ3v) is 5.05. The van der Waals surface area contributed by atoms with Crippen LogP contribution in [0, 0.1) is 0 Å². The first-order chi connectivity index (χ1) is 14.1. The molecule has 2 heterocycles. The number of ether oxygens (including phenoxy) is 3.